The van der Waals surface area contributed by atoms with Gasteiger partial charge in [-0.1, -0.05) is 0 Å². The van der Waals surface area contributed by atoms with E-state index in [1.165, 1.54) is 0 Å². The smallest absolute Gasteiger partial charge is 0.319 e. The molecule has 25 heavy (non-hydrogen) atoms. The lowest BCUT2D eigenvalue weighted by Gasteiger charge is -2.10. The van der Waals surface area contributed by atoms with Crippen LogP contribution in [0.4, 0.5) is 10.6 Å². The van der Waals surface area contributed by atoms with Gasteiger partial charge in [0.15, 0.2) is 0 Å². The maximum atomic E-state index is 12.0. The number of hydrogen-bond donors (Lipinski definition) is 2. The van der Waals surface area contributed by atoms with E-state index in [9.17, 15) is 4.79 Å². The minimum absolute atomic E-state index is 0.407. The second-order valence-electron chi connectivity index (χ2n) is 6.11. The number of rotatable bonds is 3. The van der Waals surface area contributed by atoms with Crippen molar-refractivity contribution in [3.8, 4) is 11.8 Å². The molecule has 0 atom stereocenters. The van der Waals surface area contributed by atoms with Gasteiger partial charge in [-0.15, -0.1) is 0 Å². The molecule has 1 saturated carbocycles. The van der Waals surface area contributed by atoms with Gasteiger partial charge in [0, 0.05) is 17.3 Å². The Morgan fingerprint density at radius 2 is 2.16 bits per heavy atom. The van der Waals surface area contributed by atoms with Crippen LogP contribution in [0.2, 0.25) is 0 Å². The summed E-state index contributed by atoms with van der Waals surface area (Å²) in [5.41, 5.74) is 1.91. The number of anilines is 1. The van der Waals surface area contributed by atoms with Gasteiger partial charge in [-0.2, -0.15) is 10.4 Å². The molecule has 0 aromatic carbocycles. The molecule has 2 amide bonds. The van der Waals surface area contributed by atoms with E-state index in [1.807, 2.05) is 19.1 Å². The fraction of sp³-hybridized carbons (Fsp3) is 0.235. The van der Waals surface area contributed by atoms with Crippen molar-refractivity contribution >= 4 is 22.8 Å². The first-order valence-electron chi connectivity index (χ1n) is 7.86. The summed E-state index contributed by atoms with van der Waals surface area (Å²) < 4.78 is 1.77. The standard InChI is InChI=1S/C17H15N7O/c1-11-6-13(2-5-19-11)24-14-9-20-15(7-12(14)8-21-24)22-16(25)23-17(10-18)3-4-17/h2,5-9H,3-4H2,1H3,(H2,20,22,23,25). The zero-order chi connectivity index (χ0) is 17.4. The monoisotopic (exact) mass is 333 g/mol. The summed E-state index contributed by atoms with van der Waals surface area (Å²) in [5.74, 6) is 0.407. The number of hydrogen-bond acceptors (Lipinski definition) is 5. The number of carbonyl (C=O) groups is 1. The molecule has 1 fully saturated rings. The van der Waals surface area contributed by atoms with Crippen molar-refractivity contribution in [2.75, 3.05) is 5.32 Å². The van der Waals surface area contributed by atoms with Gasteiger partial charge in [0.05, 0.1) is 29.7 Å². The molecule has 3 aromatic rings. The second kappa shape index (κ2) is 5.56. The minimum atomic E-state index is -0.710. The summed E-state index contributed by atoms with van der Waals surface area (Å²) in [6.45, 7) is 1.92. The molecule has 8 nitrogen and oxygen atoms in total. The van der Waals surface area contributed by atoms with Gasteiger partial charge in [-0.25, -0.2) is 14.5 Å². The fourth-order valence-electron chi connectivity index (χ4n) is 2.62. The van der Waals surface area contributed by atoms with E-state index in [-0.39, 0.29) is 0 Å². The topological polar surface area (TPSA) is 109 Å². The van der Waals surface area contributed by atoms with Crippen LogP contribution in [-0.4, -0.2) is 31.3 Å². The highest BCUT2D eigenvalue weighted by atomic mass is 16.2. The number of urea groups is 1. The van der Waals surface area contributed by atoms with Gasteiger partial charge in [0.25, 0.3) is 0 Å². The summed E-state index contributed by atoms with van der Waals surface area (Å²) >= 11 is 0. The SMILES string of the molecule is Cc1cc(-n2ncc3cc(NC(=O)NC4(C#N)CC4)ncc32)ccn1. The van der Waals surface area contributed by atoms with Crippen molar-refractivity contribution in [1.29, 1.82) is 5.26 Å². The molecule has 0 bridgehead atoms. The molecular weight excluding hydrogens is 318 g/mol. The number of aryl methyl sites for hydroxylation is 1. The lowest BCUT2D eigenvalue weighted by molar-refractivity contribution is 0.249. The first-order valence-corrected chi connectivity index (χ1v) is 7.86. The average molecular weight is 333 g/mol. The molecule has 124 valence electrons. The molecule has 1 aliphatic rings. The summed E-state index contributed by atoms with van der Waals surface area (Å²) in [5, 5.41) is 19.6. The van der Waals surface area contributed by atoms with E-state index in [0.29, 0.717) is 18.7 Å². The lowest BCUT2D eigenvalue weighted by atomic mass is 10.3. The van der Waals surface area contributed by atoms with Crippen LogP contribution in [-0.2, 0) is 0 Å². The number of carbonyl (C=O) groups excluding carboxylic acids is 1. The number of fused-ring (bicyclic) bond motifs is 1. The maximum absolute atomic E-state index is 12.0. The van der Waals surface area contributed by atoms with Gasteiger partial charge in [-0.05, 0) is 38.0 Å². The average Bonchev–Trinajstić information content (AvgIpc) is 3.24. The van der Waals surface area contributed by atoms with Crippen molar-refractivity contribution in [3.05, 3.63) is 42.5 Å². The number of amides is 2. The molecule has 0 unspecified atom stereocenters. The third-order valence-electron chi connectivity index (χ3n) is 4.14. The van der Waals surface area contributed by atoms with Crippen molar-refractivity contribution < 1.29 is 4.79 Å². The van der Waals surface area contributed by atoms with Gasteiger partial charge < -0.3 is 5.32 Å². The van der Waals surface area contributed by atoms with Crippen LogP contribution < -0.4 is 10.6 Å². The molecule has 8 heteroatoms. The number of nitrogens with one attached hydrogen (secondary N) is 2. The van der Waals surface area contributed by atoms with E-state index in [1.54, 1.807) is 29.3 Å². The van der Waals surface area contributed by atoms with Gasteiger partial charge >= 0.3 is 6.03 Å². The number of pyridine rings is 2. The molecule has 3 heterocycles. The first kappa shape index (κ1) is 15.1. The van der Waals surface area contributed by atoms with Crippen LogP contribution in [0, 0.1) is 18.3 Å². The molecule has 0 saturated heterocycles. The Hall–Kier alpha value is -3.47. The predicted molar refractivity (Wildman–Crippen MR) is 91.1 cm³/mol. The Balaban J connectivity index is 1.58. The quantitative estimate of drug-likeness (QED) is 0.764. The number of nitriles is 1. The van der Waals surface area contributed by atoms with Crippen molar-refractivity contribution in [2.45, 2.75) is 25.3 Å². The highest BCUT2D eigenvalue weighted by Crippen LogP contribution is 2.34. The van der Waals surface area contributed by atoms with Crippen molar-refractivity contribution in [2.24, 2.45) is 0 Å². The van der Waals surface area contributed by atoms with Crippen molar-refractivity contribution in [3.63, 3.8) is 0 Å². The number of nitrogens with zero attached hydrogens (tertiary/aromatic N) is 5. The molecular formula is C17H15N7O. The Morgan fingerprint density at radius 3 is 2.88 bits per heavy atom. The van der Waals surface area contributed by atoms with Gasteiger partial charge in [0.2, 0.25) is 0 Å². The summed E-state index contributed by atoms with van der Waals surface area (Å²) in [6.07, 6.45) is 6.47. The van der Waals surface area contributed by atoms with Gasteiger partial charge in [0.1, 0.15) is 11.4 Å². The van der Waals surface area contributed by atoms with Crippen LogP contribution in [0.15, 0.2) is 36.8 Å². The zero-order valence-corrected chi connectivity index (χ0v) is 13.5. The van der Waals surface area contributed by atoms with E-state index >= 15 is 0 Å². The van der Waals surface area contributed by atoms with E-state index in [0.717, 1.165) is 22.3 Å². The van der Waals surface area contributed by atoms with E-state index in [4.69, 9.17) is 5.26 Å². The van der Waals surface area contributed by atoms with Gasteiger partial charge in [-0.3, -0.25) is 10.3 Å². The normalized spacial score (nSPS) is 14.7. The molecule has 4 rings (SSSR count). The first-order chi connectivity index (χ1) is 12.1. The van der Waals surface area contributed by atoms with Crippen LogP contribution >= 0.6 is 0 Å². The Morgan fingerprint density at radius 1 is 1.32 bits per heavy atom. The summed E-state index contributed by atoms with van der Waals surface area (Å²) in [4.78, 5) is 20.4. The highest BCUT2D eigenvalue weighted by molar-refractivity contribution is 5.92. The maximum Gasteiger partial charge on any atom is 0.321 e. The molecule has 1 aliphatic carbocycles. The molecule has 0 radical (unpaired) electrons. The molecule has 3 aromatic heterocycles. The van der Waals surface area contributed by atoms with Crippen LogP contribution in [0.25, 0.3) is 16.6 Å². The lowest BCUT2D eigenvalue weighted by Crippen LogP contribution is -2.38. The predicted octanol–water partition coefficient (Wildman–Crippen LogP) is 2.30. The second-order valence-corrected chi connectivity index (χ2v) is 6.11. The van der Waals surface area contributed by atoms with Crippen molar-refractivity contribution in [1.82, 2.24) is 25.1 Å². The summed E-state index contributed by atoms with van der Waals surface area (Å²) in [7, 11) is 0. The zero-order valence-electron chi connectivity index (χ0n) is 13.5. The van der Waals surface area contributed by atoms with Crippen LogP contribution in [0.1, 0.15) is 18.5 Å². The largest absolute Gasteiger partial charge is 0.321 e. The Bertz CT molecular complexity index is 1010. The number of aromatic nitrogens is 4. The highest BCUT2D eigenvalue weighted by Gasteiger charge is 2.44. The van der Waals surface area contributed by atoms with E-state index in [2.05, 4.69) is 31.8 Å². The van der Waals surface area contributed by atoms with Crippen LogP contribution in [0.3, 0.4) is 0 Å². The molecule has 0 aliphatic heterocycles. The van der Waals surface area contributed by atoms with Crippen LogP contribution in [0.5, 0.6) is 0 Å². The third kappa shape index (κ3) is 2.87. The summed E-state index contributed by atoms with van der Waals surface area (Å²) in [6, 6.07) is 7.24. The third-order valence-corrected chi connectivity index (χ3v) is 4.14. The fourth-order valence-corrected chi connectivity index (χ4v) is 2.62. The molecule has 2 N–H and O–H groups in total. The van der Waals surface area contributed by atoms with E-state index < -0.39 is 11.6 Å². The minimum Gasteiger partial charge on any atom is -0.319 e. The Kier molecular flexibility index (Phi) is 3.35. The molecule has 0 spiro atoms. The Labute approximate surface area is 143 Å².